The zero-order valence-corrected chi connectivity index (χ0v) is 12.7. The molecule has 1 aliphatic rings. The van der Waals surface area contributed by atoms with Crippen LogP contribution in [0.4, 0.5) is 4.39 Å². The molecule has 1 aliphatic heterocycles. The molecule has 5 N–H and O–H groups in total. The summed E-state index contributed by atoms with van der Waals surface area (Å²) in [5.41, 5.74) is -2.33. The van der Waals surface area contributed by atoms with Crippen LogP contribution in [0, 0.1) is 5.82 Å². The Morgan fingerprint density at radius 2 is 2.12 bits per heavy atom. The number of aromatic amines is 1. The molecule has 0 aliphatic carbocycles. The van der Waals surface area contributed by atoms with E-state index in [-0.39, 0.29) is 6.54 Å². The zero-order valence-electron chi connectivity index (χ0n) is 12.7. The van der Waals surface area contributed by atoms with Crippen molar-refractivity contribution >= 4 is 5.91 Å². The van der Waals surface area contributed by atoms with Crippen molar-refractivity contribution in [3.8, 4) is 0 Å². The highest BCUT2D eigenvalue weighted by Gasteiger charge is 2.49. The number of hydrogen-bond donors (Lipinski definition) is 5. The van der Waals surface area contributed by atoms with Crippen molar-refractivity contribution in [3.63, 3.8) is 0 Å². The van der Waals surface area contributed by atoms with Gasteiger partial charge in [0, 0.05) is 6.54 Å². The quantitative estimate of drug-likeness (QED) is 0.385. The van der Waals surface area contributed by atoms with Crippen molar-refractivity contribution in [1.29, 1.82) is 0 Å². The van der Waals surface area contributed by atoms with E-state index in [2.05, 4.69) is 5.32 Å². The maximum absolute atomic E-state index is 13.3. The molecule has 134 valence electrons. The number of carbonyl (C=O) groups is 1. The molecule has 1 aromatic rings. The van der Waals surface area contributed by atoms with Crippen molar-refractivity contribution < 1.29 is 29.2 Å². The number of aromatic nitrogens is 2. The first kappa shape index (κ1) is 18.3. The number of aliphatic hydroxyl groups excluding tert-OH is 3. The van der Waals surface area contributed by atoms with Gasteiger partial charge >= 0.3 is 5.69 Å². The van der Waals surface area contributed by atoms with E-state index in [1.807, 2.05) is 0 Å². The lowest BCUT2D eigenvalue weighted by molar-refractivity contribution is -0.143. The number of H-pyrrole nitrogens is 1. The third kappa shape index (κ3) is 3.38. The van der Waals surface area contributed by atoms with Gasteiger partial charge in [-0.15, -0.1) is 0 Å². The van der Waals surface area contributed by atoms with Crippen LogP contribution in [0.15, 0.2) is 15.8 Å². The van der Waals surface area contributed by atoms with E-state index in [1.165, 1.54) is 0 Å². The molecular formula is C13H18FN3O7. The van der Waals surface area contributed by atoms with Crippen LogP contribution in [0.2, 0.25) is 0 Å². The minimum atomic E-state index is -1.81. The predicted octanol–water partition coefficient (Wildman–Crippen LogP) is -2.82. The third-order valence-electron chi connectivity index (χ3n) is 3.60. The van der Waals surface area contributed by atoms with Gasteiger partial charge in [-0.3, -0.25) is 19.1 Å². The number of rotatable bonds is 5. The summed E-state index contributed by atoms with van der Waals surface area (Å²) >= 11 is 0. The molecule has 0 radical (unpaired) electrons. The van der Waals surface area contributed by atoms with Crippen LogP contribution < -0.4 is 16.6 Å². The summed E-state index contributed by atoms with van der Waals surface area (Å²) in [6.45, 7) is 2.08. The Morgan fingerprint density at radius 1 is 1.46 bits per heavy atom. The fourth-order valence-electron chi connectivity index (χ4n) is 2.33. The van der Waals surface area contributed by atoms with Gasteiger partial charge in [-0.05, 0) is 6.42 Å². The Labute approximate surface area is 134 Å². The average molecular weight is 347 g/mol. The largest absolute Gasteiger partial charge is 0.387 e. The first-order chi connectivity index (χ1) is 11.3. The van der Waals surface area contributed by atoms with Crippen LogP contribution in [0.25, 0.3) is 0 Å². The number of ether oxygens (including phenoxy) is 1. The smallest absolute Gasteiger partial charge is 0.330 e. The highest BCUT2D eigenvalue weighted by molar-refractivity contribution is 5.81. The van der Waals surface area contributed by atoms with Crippen molar-refractivity contribution in [1.82, 2.24) is 14.9 Å². The summed E-state index contributed by atoms with van der Waals surface area (Å²) in [6.07, 6.45) is -7.25. The zero-order chi connectivity index (χ0) is 18.0. The van der Waals surface area contributed by atoms with Crippen LogP contribution in [-0.2, 0) is 9.53 Å². The van der Waals surface area contributed by atoms with Crippen LogP contribution in [-0.4, -0.2) is 61.7 Å². The molecule has 1 amide bonds. The third-order valence-corrected chi connectivity index (χ3v) is 3.60. The Morgan fingerprint density at radius 3 is 2.75 bits per heavy atom. The Kier molecular flexibility index (Phi) is 5.49. The molecule has 2 heterocycles. The van der Waals surface area contributed by atoms with E-state index < -0.39 is 53.6 Å². The van der Waals surface area contributed by atoms with Gasteiger partial charge in [0.2, 0.25) is 5.82 Å². The molecule has 2 rings (SSSR count). The summed E-state index contributed by atoms with van der Waals surface area (Å²) in [4.78, 5) is 36.2. The maximum Gasteiger partial charge on any atom is 0.330 e. The van der Waals surface area contributed by atoms with E-state index in [1.54, 1.807) is 11.9 Å². The van der Waals surface area contributed by atoms with Crippen molar-refractivity contribution in [2.75, 3.05) is 6.54 Å². The predicted molar refractivity (Wildman–Crippen MR) is 76.5 cm³/mol. The van der Waals surface area contributed by atoms with E-state index in [0.29, 0.717) is 17.2 Å². The van der Waals surface area contributed by atoms with Crippen LogP contribution in [0.5, 0.6) is 0 Å². The molecule has 5 atom stereocenters. The van der Waals surface area contributed by atoms with Crippen LogP contribution in [0.1, 0.15) is 19.6 Å². The monoisotopic (exact) mass is 347 g/mol. The van der Waals surface area contributed by atoms with E-state index in [9.17, 15) is 34.1 Å². The van der Waals surface area contributed by atoms with Gasteiger partial charge < -0.3 is 25.4 Å². The summed E-state index contributed by atoms with van der Waals surface area (Å²) in [5, 5.41) is 32.3. The normalized spacial score (nSPS) is 27.9. The molecule has 0 aromatic carbocycles. The molecular weight excluding hydrogens is 329 g/mol. The second-order valence-electron chi connectivity index (χ2n) is 5.35. The fourth-order valence-corrected chi connectivity index (χ4v) is 2.33. The van der Waals surface area contributed by atoms with Crippen molar-refractivity contribution in [3.05, 3.63) is 32.9 Å². The number of aliphatic hydroxyl groups is 3. The minimum absolute atomic E-state index is 0.287. The minimum Gasteiger partial charge on any atom is -0.387 e. The molecule has 1 fully saturated rings. The lowest BCUT2D eigenvalue weighted by Crippen LogP contribution is -2.47. The van der Waals surface area contributed by atoms with Gasteiger partial charge in [0.1, 0.15) is 18.3 Å². The highest BCUT2D eigenvalue weighted by atomic mass is 19.1. The van der Waals surface area contributed by atoms with Gasteiger partial charge in [-0.1, -0.05) is 6.92 Å². The molecule has 1 saturated heterocycles. The molecule has 11 heteroatoms. The van der Waals surface area contributed by atoms with Gasteiger partial charge in [0.15, 0.2) is 12.3 Å². The van der Waals surface area contributed by atoms with Crippen LogP contribution >= 0.6 is 0 Å². The van der Waals surface area contributed by atoms with Crippen molar-refractivity contribution in [2.45, 2.75) is 44.0 Å². The number of hydrogen-bond acceptors (Lipinski definition) is 7. The first-order valence-corrected chi connectivity index (χ1v) is 7.26. The SMILES string of the molecule is CCCNC(=O)[C@@H](O)[C@H]1O[C@@H](n2cc(F)c(=O)[nH]c2=O)[C@@H](O)[C@H]1O. The number of halogens is 1. The number of amides is 1. The number of carbonyl (C=O) groups excluding carboxylic acids is 1. The molecule has 0 saturated carbocycles. The summed E-state index contributed by atoms with van der Waals surface area (Å²) in [6, 6.07) is 0. The van der Waals surface area contributed by atoms with Gasteiger partial charge in [-0.2, -0.15) is 4.39 Å². The first-order valence-electron chi connectivity index (χ1n) is 7.26. The lowest BCUT2D eigenvalue weighted by atomic mass is 10.0. The molecule has 24 heavy (non-hydrogen) atoms. The maximum atomic E-state index is 13.3. The Hall–Kier alpha value is -2.08. The Bertz CT molecular complexity index is 718. The van der Waals surface area contributed by atoms with Gasteiger partial charge in [-0.25, -0.2) is 4.79 Å². The van der Waals surface area contributed by atoms with Gasteiger partial charge in [0.05, 0.1) is 6.20 Å². The Balaban J connectivity index is 2.24. The van der Waals surface area contributed by atoms with Gasteiger partial charge in [0.25, 0.3) is 11.5 Å². The summed E-state index contributed by atoms with van der Waals surface area (Å²) < 4.78 is 19.0. The fraction of sp³-hybridized carbons (Fsp3) is 0.615. The summed E-state index contributed by atoms with van der Waals surface area (Å²) in [7, 11) is 0. The van der Waals surface area contributed by atoms with E-state index >= 15 is 0 Å². The topological polar surface area (TPSA) is 154 Å². The average Bonchev–Trinajstić information content (AvgIpc) is 2.83. The molecule has 1 aromatic heterocycles. The highest BCUT2D eigenvalue weighted by Crippen LogP contribution is 2.30. The standard InChI is InChI=1S/C13H18FN3O7/c1-2-3-15-11(22)8(20)9-6(18)7(19)12(24-9)17-4-5(14)10(21)16-13(17)23/h4,6-9,12,18-20H,2-3H2,1H3,(H,15,22)(H,16,21,23)/t6-,7+,8+,9+,12-/m1/s1. The van der Waals surface area contributed by atoms with E-state index in [4.69, 9.17) is 4.74 Å². The molecule has 0 spiro atoms. The number of nitrogens with zero attached hydrogens (tertiary/aromatic N) is 1. The van der Waals surface area contributed by atoms with E-state index in [0.717, 1.165) is 0 Å². The molecule has 0 unspecified atom stereocenters. The van der Waals surface area contributed by atoms with Crippen LogP contribution in [0.3, 0.4) is 0 Å². The molecule has 0 bridgehead atoms. The second kappa shape index (κ2) is 7.21. The second-order valence-corrected chi connectivity index (χ2v) is 5.35. The number of nitrogens with one attached hydrogen (secondary N) is 2. The molecule has 10 nitrogen and oxygen atoms in total. The summed E-state index contributed by atoms with van der Waals surface area (Å²) in [5.74, 6) is -2.13. The lowest BCUT2D eigenvalue weighted by Gasteiger charge is -2.20. The van der Waals surface area contributed by atoms with Crippen molar-refractivity contribution in [2.24, 2.45) is 0 Å².